The summed E-state index contributed by atoms with van der Waals surface area (Å²) in [6.45, 7) is 7.58. The molecule has 4 heteroatoms. The molecule has 0 amide bonds. The van der Waals surface area contributed by atoms with Crippen LogP contribution in [0.3, 0.4) is 0 Å². The number of carbonyl (C=O) groups excluding carboxylic acids is 2. The fraction of sp³-hybridized carbons (Fsp3) is 0.846. The largest absolute Gasteiger partial charge is 0.460 e. The first-order chi connectivity index (χ1) is 7.78. The zero-order valence-corrected chi connectivity index (χ0v) is 11.1. The van der Waals surface area contributed by atoms with Gasteiger partial charge in [0.2, 0.25) is 0 Å². The van der Waals surface area contributed by atoms with Gasteiger partial charge in [-0.1, -0.05) is 0 Å². The molecule has 1 aliphatic rings. The van der Waals surface area contributed by atoms with Gasteiger partial charge >= 0.3 is 5.97 Å². The fourth-order valence-electron chi connectivity index (χ4n) is 1.91. The molecular formula is C13H22O4. The Morgan fingerprint density at radius 2 is 1.94 bits per heavy atom. The molecule has 0 saturated carbocycles. The third kappa shape index (κ3) is 5.31. The maximum absolute atomic E-state index is 11.6. The zero-order valence-electron chi connectivity index (χ0n) is 11.1. The molecule has 2 atom stereocenters. The van der Waals surface area contributed by atoms with Crippen molar-refractivity contribution >= 4 is 11.8 Å². The van der Waals surface area contributed by atoms with Gasteiger partial charge in [0, 0.05) is 0 Å². The lowest BCUT2D eigenvalue weighted by molar-refractivity contribution is -0.157. The van der Waals surface area contributed by atoms with Crippen molar-refractivity contribution in [2.45, 2.75) is 58.7 Å². The van der Waals surface area contributed by atoms with Crippen LogP contribution in [0.4, 0.5) is 0 Å². The van der Waals surface area contributed by atoms with Crippen molar-refractivity contribution in [2.24, 2.45) is 5.92 Å². The van der Waals surface area contributed by atoms with Crippen molar-refractivity contribution in [2.75, 3.05) is 6.61 Å². The molecular weight excluding hydrogens is 220 g/mol. The molecule has 0 N–H and O–H groups in total. The Kier molecular flexibility index (Phi) is 4.69. The Labute approximate surface area is 103 Å². The summed E-state index contributed by atoms with van der Waals surface area (Å²) >= 11 is 0. The number of carbonyl (C=O) groups is 2. The van der Waals surface area contributed by atoms with E-state index in [1.54, 1.807) is 6.92 Å². The number of ketones is 1. The van der Waals surface area contributed by atoms with Gasteiger partial charge in [-0.2, -0.15) is 0 Å². The van der Waals surface area contributed by atoms with Gasteiger partial charge in [0.15, 0.2) is 5.78 Å². The third-order valence-corrected chi connectivity index (χ3v) is 2.70. The maximum Gasteiger partial charge on any atom is 0.306 e. The highest BCUT2D eigenvalue weighted by molar-refractivity contribution is 5.80. The topological polar surface area (TPSA) is 52.6 Å². The van der Waals surface area contributed by atoms with E-state index in [0.717, 1.165) is 6.42 Å². The zero-order chi connectivity index (χ0) is 13.1. The predicted octanol–water partition coefficient (Wildman–Crippen LogP) is 2.10. The molecule has 1 fully saturated rings. The number of esters is 1. The van der Waals surface area contributed by atoms with E-state index in [4.69, 9.17) is 9.47 Å². The number of ether oxygens (including phenoxy) is 2. The lowest BCUT2D eigenvalue weighted by Crippen LogP contribution is -2.33. The molecule has 0 unspecified atom stereocenters. The Morgan fingerprint density at radius 3 is 2.35 bits per heavy atom. The highest BCUT2D eigenvalue weighted by Crippen LogP contribution is 2.23. The quantitative estimate of drug-likeness (QED) is 0.711. The van der Waals surface area contributed by atoms with Gasteiger partial charge in [0.25, 0.3) is 0 Å². The summed E-state index contributed by atoms with van der Waals surface area (Å²) in [5, 5.41) is 0. The average molecular weight is 242 g/mol. The first kappa shape index (κ1) is 14.2. The summed E-state index contributed by atoms with van der Waals surface area (Å²) in [5.41, 5.74) is -0.436. The summed E-state index contributed by atoms with van der Waals surface area (Å²) in [6, 6.07) is 0. The van der Waals surface area contributed by atoms with Gasteiger partial charge in [-0.15, -0.1) is 0 Å². The Morgan fingerprint density at radius 1 is 1.29 bits per heavy atom. The SMILES string of the molecule is CC(=O)[C@@H]1CC[C@@H](CC(=O)OC(C)(C)C)CO1. The standard InChI is InChI=1S/C13H22O4/c1-9(14)11-6-5-10(8-16-11)7-12(15)17-13(2,3)4/h10-11H,5-8H2,1-4H3/t10-,11-/m0/s1. The molecule has 0 spiro atoms. The lowest BCUT2D eigenvalue weighted by Gasteiger charge is -2.28. The average Bonchev–Trinajstić information content (AvgIpc) is 2.15. The first-order valence-electron chi connectivity index (χ1n) is 6.12. The minimum Gasteiger partial charge on any atom is -0.460 e. The van der Waals surface area contributed by atoms with Crippen LogP contribution in [0.2, 0.25) is 0 Å². The van der Waals surface area contributed by atoms with Crippen LogP contribution in [0.1, 0.15) is 47.0 Å². The van der Waals surface area contributed by atoms with E-state index in [2.05, 4.69) is 0 Å². The highest BCUT2D eigenvalue weighted by atomic mass is 16.6. The van der Waals surface area contributed by atoms with Gasteiger partial charge in [-0.25, -0.2) is 0 Å². The molecule has 1 aliphatic heterocycles. The lowest BCUT2D eigenvalue weighted by atomic mass is 9.94. The van der Waals surface area contributed by atoms with Crippen LogP contribution in [0.15, 0.2) is 0 Å². The summed E-state index contributed by atoms with van der Waals surface area (Å²) in [5.74, 6) is 0.0635. The van der Waals surface area contributed by atoms with Gasteiger partial charge in [0.1, 0.15) is 11.7 Å². The molecule has 0 bridgehead atoms. The minimum absolute atomic E-state index is 0.0701. The smallest absolute Gasteiger partial charge is 0.306 e. The van der Waals surface area contributed by atoms with Gasteiger partial charge in [0.05, 0.1) is 13.0 Å². The van der Waals surface area contributed by atoms with E-state index >= 15 is 0 Å². The Hall–Kier alpha value is -0.900. The first-order valence-corrected chi connectivity index (χ1v) is 6.12. The van der Waals surface area contributed by atoms with Crippen LogP contribution in [-0.2, 0) is 19.1 Å². The van der Waals surface area contributed by atoms with E-state index < -0.39 is 5.60 Å². The van der Waals surface area contributed by atoms with Crippen molar-refractivity contribution in [3.63, 3.8) is 0 Å². The van der Waals surface area contributed by atoms with Crippen molar-refractivity contribution < 1.29 is 19.1 Å². The van der Waals surface area contributed by atoms with Gasteiger partial charge in [-0.05, 0) is 46.5 Å². The molecule has 1 saturated heterocycles. The Balaban J connectivity index is 2.31. The second kappa shape index (κ2) is 5.63. The van der Waals surface area contributed by atoms with E-state index in [1.807, 2.05) is 20.8 Å². The van der Waals surface area contributed by atoms with E-state index in [0.29, 0.717) is 19.4 Å². The van der Waals surface area contributed by atoms with Crippen LogP contribution in [0.5, 0.6) is 0 Å². The van der Waals surface area contributed by atoms with Crippen LogP contribution >= 0.6 is 0 Å². The number of hydrogen-bond donors (Lipinski definition) is 0. The molecule has 0 aromatic rings. The van der Waals surface area contributed by atoms with E-state index in [1.165, 1.54) is 0 Å². The molecule has 1 heterocycles. The maximum atomic E-state index is 11.6. The summed E-state index contributed by atoms with van der Waals surface area (Å²) in [4.78, 5) is 22.7. The number of hydrogen-bond acceptors (Lipinski definition) is 4. The summed E-state index contributed by atoms with van der Waals surface area (Å²) < 4.78 is 10.7. The second-order valence-electron chi connectivity index (χ2n) is 5.67. The molecule has 17 heavy (non-hydrogen) atoms. The van der Waals surface area contributed by atoms with Crippen LogP contribution in [-0.4, -0.2) is 30.1 Å². The second-order valence-corrected chi connectivity index (χ2v) is 5.67. The predicted molar refractivity (Wildman–Crippen MR) is 63.6 cm³/mol. The van der Waals surface area contributed by atoms with Gasteiger partial charge in [-0.3, -0.25) is 9.59 Å². The van der Waals surface area contributed by atoms with Crippen molar-refractivity contribution in [3.05, 3.63) is 0 Å². The third-order valence-electron chi connectivity index (χ3n) is 2.70. The molecule has 0 aromatic heterocycles. The van der Waals surface area contributed by atoms with E-state index in [-0.39, 0.29) is 23.8 Å². The van der Waals surface area contributed by atoms with Crippen LogP contribution in [0.25, 0.3) is 0 Å². The molecule has 4 nitrogen and oxygen atoms in total. The van der Waals surface area contributed by atoms with Crippen molar-refractivity contribution in [3.8, 4) is 0 Å². The molecule has 1 rings (SSSR count). The normalized spacial score (nSPS) is 25.4. The van der Waals surface area contributed by atoms with Gasteiger partial charge < -0.3 is 9.47 Å². The number of rotatable bonds is 3. The number of Topliss-reactive ketones (excluding diaryl/α,β-unsaturated/α-hetero) is 1. The summed E-state index contributed by atoms with van der Waals surface area (Å²) in [7, 11) is 0. The van der Waals surface area contributed by atoms with Crippen LogP contribution in [0, 0.1) is 5.92 Å². The molecule has 0 aromatic carbocycles. The minimum atomic E-state index is -0.436. The van der Waals surface area contributed by atoms with E-state index in [9.17, 15) is 9.59 Å². The highest BCUT2D eigenvalue weighted by Gasteiger charge is 2.27. The molecule has 98 valence electrons. The molecule has 0 aliphatic carbocycles. The molecule has 0 radical (unpaired) electrons. The summed E-state index contributed by atoms with van der Waals surface area (Å²) in [6.07, 6.45) is 1.67. The fourth-order valence-corrected chi connectivity index (χ4v) is 1.91. The van der Waals surface area contributed by atoms with Crippen molar-refractivity contribution in [1.82, 2.24) is 0 Å². The van der Waals surface area contributed by atoms with Crippen molar-refractivity contribution in [1.29, 1.82) is 0 Å². The Bertz CT molecular complexity index is 282. The van der Waals surface area contributed by atoms with Crippen LogP contribution < -0.4 is 0 Å². The monoisotopic (exact) mass is 242 g/mol.